The van der Waals surface area contributed by atoms with Crippen molar-refractivity contribution < 1.29 is 33.4 Å². The number of hydrogen-bond acceptors (Lipinski definition) is 6. The maximum atomic E-state index is 12.9. The highest BCUT2D eigenvalue weighted by Gasteiger charge is 2.80. The van der Waals surface area contributed by atoms with E-state index in [1.165, 1.54) is 0 Å². The van der Waals surface area contributed by atoms with Crippen LogP contribution in [0.4, 0.5) is 0 Å². The van der Waals surface area contributed by atoms with Gasteiger partial charge in [0.2, 0.25) is 0 Å². The first-order chi connectivity index (χ1) is 15.4. The second kappa shape index (κ2) is 6.81. The van der Waals surface area contributed by atoms with Gasteiger partial charge in [0.1, 0.15) is 17.5 Å². The van der Waals surface area contributed by atoms with E-state index in [4.69, 9.17) is 13.9 Å². The van der Waals surface area contributed by atoms with Crippen molar-refractivity contribution in [1.29, 1.82) is 0 Å². The Bertz CT molecular complexity index is 1040. The zero-order valence-corrected chi connectivity index (χ0v) is 19.7. The molecule has 1 N–H and O–H groups in total. The van der Waals surface area contributed by atoms with Crippen LogP contribution in [0.15, 0.2) is 35.2 Å². The number of carboxylic acid groups (broad SMARTS) is 1. The van der Waals surface area contributed by atoms with Gasteiger partial charge >= 0.3 is 11.9 Å². The molecule has 7 atom stereocenters. The molecule has 7 heteroatoms. The Morgan fingerprint density at radius 2 is 1.91 bits per heavy atom. The summed E-state index contributed by atoms with van der Waals surface area (Å²) in [4.78, 5) is 37.5. The van der Waals surface area contributed by atoms with Gasteiger partial charge in [0.05, 0.1) is 12.5 Å². The third-order valence-electron chi connectivity index (χ3n) is 9.64. The van der Waals surface area contributed by atoms with Gasteiger partial charge in [0.25, 0.3) is 0 Å². The number of ketones is 1. The van der Waals surface area contributed by atoms with Crippen molar-refractivity contribution in [1.82, 2.24) is 0 Å². The van der Waals surface area contributed by atoms with Crippen molar-refractivity contribution in [2.75, 3.05) is 0 Å². The summed E-state index contributed by atoms with van der Waals surface area (Å²) in [6.07, 6.45) is 4.39. The quantitative estimate of drug-likeness (QED) is 0.405. The largest absolute Gasteiger partial charge is 0.481 e. The van der Waals surface area contributed by atoms with Crippen LogP contribution in [0.1, 0.15) is 71.5 Å². The summed E-state index contributed by atoms with van der Waals surface area (Å²) in [6.45, 7) is 12.4. The molecule has 4 aliphatic rings. The summed E-state index contributed by atoms with van der Waals surface area (Å²) in [5.74, 6) is -1.60. The fraction of sp³-hybridized carbons (Fsp3) is 0.654. The van der Waals surface area contributed by atoms with Crippen molar-refractivity contribution in [2.24, 2.45) is 28.1 Å². The molecule has 0 radical (unpaired) electrons. The number of carboxylic acids is 1. The molecular formula is C26H32O7. The summed E-state index contributed by atoms with van der Waals surface area (Å²) < 4.78 is 17.3. The Morgan fingerprint density at radius 1 is 1.18 bits per heavy atom. The van der Waals surface area contributed by atoms with Crippen LogP contribution in [0.2, 0.25) is 0 Å². The van der Waals surface area contributed by atoms with Crippen LogP contribution in [0.25, 0.3) is 0 Å². The van der Waals surface area contributed by atoms with E-state index in [1.54, 1.807) is 12.5 Å². The van der Waals surface area contributed by atoms with Gasteiger partial charge in [-0.1, -0.05) is 34.3 Å². The zero-order valence-electron chi connectivity index (χ0n) is 19.7. The highest BCUT2D eigenvalue weighted by molar-refractivity contribution is 5.86. The smallest absolute Gasteiger partial charge is 0.339 e. The Kier molecular flexibility index (Phi) is 4.62. The maximum Gasteiger partial charge on any atom is 0.339 e. The Hall–Kier alpha value is -2.41. The number of carbonyl (C=O) groups excluding carboxylic acids is 2. The average Bonchev–Trinajstić information content (AvgIpc) is 3.30. The fourth-order valence-electron chi connectivity index (χ4n) is 7.67. The van der Waals surface area contributed by atoms with Gasteiger partial charge in [-0.05, 0) is 48.2 Å². The SMILES string of the molecule is C=C1C(C2(C)CCC(=O)C(C)(C)C2CC(=O)O)CCC2(C)C(c3ccoc3)OC(=O)C3OC132. The Morgan fingerprint density at radius 3 is 2.55 bits per heavy atom. The molecule has 2 aliphatic heterocycles. The molecule has 0 bridgehead atoms. The van der Waals surface area contributed by atoms with Gasteiger partial charge in [0, 0.05) is 29.2 Å². The molecule has 1 spiro atoms. The van der Waals surface area contributed by atoms with Gasteiger partial charge in [-0.25, -0.2) is 4.79 Å². The predicted octanol–water partition coefficient (Wildman–Crippen LogP) is 4.47. The number of carbonyl (C=O) groups is 3. The lowest BCUT2D eigenvalue weighted by atomic mass is 9.45. The molecule has 1 aromatic rings. The number of esters is 1. The average molecular weight is 457 g/mol. The number of cyclic esters (lactones) is 1. The lowest BCUT2D eigenvalue weighted by molar-refractivity contribution is -0.170. The normalized spacial score (nSPS) is 43.9. The van der Waals surface area contributed by atoms with E-state index < -0.39 is 46.0 Å². The molecule has 7 unspecified atom stereocenters. The molecule has 2 aliphatic carbocycles. The molecule has 33 heavy (non-hydrogen) atoms. The fourth-order valence-corrected chi connectivity index (χ4v) is 7.67. The van der Waals surface area contributed by atoms with Crippen LogP contribution in [-0.2, 0) is 23.9 Å². The summed E-state index contributed by atoms with van der Waals surface area (Å²) in [5.41, 5.74) is -0.929. The third kappa shape index (κ3) is 2.74. The number of aliphatic carboxylic acids is 1. The van der Waals surface area contributed by atoms with E-state index in [0.717, 1.165) is 24.0 Å². The van der Waals surface area contributed by atoms with E-state index in [2.05, 4.69) is 20.4 Å². The van der Waals surface area contributed by atoms with Crippen molar-refractivity contribution in [3.8, 4) is 0 Å². The molecule has 4 fully saturated rings. The first-order valence-electron chi connectivity index (χ1n) is 11.7. The van der Waals surface area contributed by atoms with Crippen LogP contribution in [0.3, 0.4) is 0 Å². The molecule has 5 rings (SSSR count). The Balaban J connectivity index is 1.55. The van der Waals surface area contributed by atoms with Crippen molar-refractivity contribution in [3.05, 3.63) is 36.3 Å². The van der Waals surface area contributed by atoms with Crippen molar-refractivity contribution in [3.63, 3.8) is 0 Å². The minimum absolute atomic E-state index is 0.0665. The number of rotatable bonds is 4. The molecular weight excluding hydrogens is 424 g/mol. The first kappa shape index (κ1) is 22.4. The molecule has 7 nitrogen and oxygen atoms in total. The van der Waals surface area contributed by atoms with Crippen molar-refractivity contribution >= 4 is 17.7 Å². The Labute approximate surface area is 193 Å². The van der Waals surface area contributed by atoms with Gasteiger partial charge in [-0.2, -0.15) is 0 Å². The minimum Gasteiger partial charge on any atom is -0.481 e. The van der Waals surface area contributed by atoms with E-state index >= 15 is 0 Å². The van der Waals surface area contributed by atoms with Gasteiger partial charge < -0.3 is 19.0 Å². The predicted molar refractivity (Wildman–Crippen MR) is 117 cm³/mol. The second-order valence-electron chi connectivity index (χ2n) is 11.4. The lowest BCUT2D eigenvalue weighted by Gasteiger charge is -2.58. The van der Waals surface area contributed by atoms with Crippen LogP contribution >= 0.6 is 0 Å². The molecule has 0 aromatic carbocycles. The highest BCUT2D eigenvalue weighted by atomic mass is 16.7. The summed E-state index contributed by atoms with van der Waals surface area (Å²) in [6, 6.07) is 1.81. The number of epoxide rings is 1. The van der Waals surface area contributed by atoms with Crippen LogP contribution < -0.4 is 0 Å². The van der Waals surface area contributed by atoms with E-state index in [1.807, 2.05) is 19.9 Å². The van der Waals surface area contributed by atoms with Crippen LogP contribution in [0, 0.1) is 28.1 Å². The monoisotopic (exact) mass is 456 g/mol. The summed E-state index contributed by atoms with van der Waals surface area (Å²) >= 11 is 0. The van der Waals surface area contributed by atoms with E-state index in [-0.39, 0.29) is 24.0 Å². The van der Waals surface area contributed by atoms with E-state index in [9.17, 15) is 19.5 Å². The second-order valence-corrected chi connectivity index (χ2v) is 11.4. The van der Waals surface area contributed by atoms with Crippen molar-refractivity contribution in [2.45, 2.75) is 77.6 Å². The summed E-state index contributed by atoms with van der Waals surface area (Å²) in [5, 5.41) is 9.71. The molecule has 2 saturated heterocycles. The first-order valence-corrected chi connectivity index (χ1v) is 11.7. The third-order valence-corrected chi connectivity index (χ3v) is 9.64. The van der Waals surface area contributed by atoms with Gasteiger partial charge in [-0.15, -0.1) is 0 Å². The topological polar surface area (TPSA) is 106 Å². The molecule has 1 aromatic heterocycles. The molecule has 0 amide bonds. The van der Waals surface area contributed by atoms with Gasteiger partial charge in [-0.3, -0.25) is 9.59 Å². The maximum absolute atomic E-state index is 12.9. The van der Waals surface area contributed by atoms with Crippen LogP contribution in [-0.4, -0.2) is 34.5 Å². The standard InChI is InChI=1S/C26H32O7/c1-14-16(24(4)9-7-18(27)23(2,3)17(24)12-19(28)29)6-10-25(5)20(15-8-11-31-13-15)32-22(30)21-26(14,25)33-21/h8,11,13,16-17,20-21H,1,6-7,9-10,12H2,2-5H3,(H,28,29). The minimum atomic E-state index is -0.903. The van der Waals surface area contributed by atoms with Crippen LogP contribution in [0.5, 0.6) is 0 Å². The summed E-state index contributed by atoms with van der Waals surface area (Å²) in [7, 11) is 0. The number of furan rings is 1. The number of ether oxygens (including phenoxy) is 2. The highest BCUT2D eigenvalue weighted by Crippen LogP contribution is 2.72. The van der Waals surface area contributed by atoms with Gasteiger partial charge in [0.15, 0.2) is 6.10 Å². The molecule has 3 heterocycles. The van der Waals surface area contributed by atoms with E-state index in [0.29, 0.717) is 12.8 Å². The molecule has 2 saturated carbocycles. The zero-order chi connectivity index (χ0) is 24.0. The lowest BCUT2D eigenvalue weighted by Crippen LogP contribution is -2.59. The molecule has 178 valence electrons. The number of Topliss-reactive ketones (excluding diaryl/α,β-unsaturated/α-hetero) is 1. The number of hydrogen-bond donors (Lipinski definition) is 1.